The Hall–Kier alpha value is -0.260. The summed E-state index contributed by atoms with van der Waals surface area (Å²) in [6.45, 7) is 9.31. The van der Waals surface area contributed by atoms with Crippen molar-refractivity contribution < 1.29 is 0 Å². The molecular formula is C18H34. The van der Waals surface area contributed by atoms with E-state index in [1.54, 1.807) is 0 Å². The Kier molecular flexibility index (Phi) is 7.04. The lowest BCUT2D eigenvalue weighted by Gasteiger charge is -2.30. The van der Waals surface area contributed by atoms with Crippen LogP contribution in [0.3, 0.4) is 0 Å². The molecule has 2 atom stereocenters. The van der Waals surface area contributed by atoms with Crippen LogP contribution in [0.1, 0.15) is 85.5 Å². The van der Waals surface area contributed by atoms with E-state index in [-0.39, 0.29) is 0 Å². The molecule has 1 rings (SSSR count). The summed E-state index contributed by atoms with van der Waals surface area (Å²) in [5, 5.41) is 0. The lowest BCUT2D eigenvalue weighted by molar-refractivity contribution is 0.273. The van der Waals surface area contributed by atoms with Gasteiger partial charge in [0.1, 0.15) is 0 Å². The van der Waals surface area contributed by atoms with E-state index in [9.17, 15) is 0 Å². The Labute approximate surface area is 115 Å². The molecule has 0 spiro atoms. The van der Waals surface area contributed by atoms with E-state index in [4.69, 9.17) is 0 Å². The smallest absolute Gasteiger partial charge is 0.0118 e. The van der Waals surface area contributed by atoms with Gasteiger partial charge in [-0.15, -0.1) is 0 Å². The number of hydrogen-bond acceptors (Lipinski definition) is 0. The van der Waals surface area contributed by atoms with Crippen LogP contribution in [0.2, 0.25) is 0 Å². The molecule has 2 unspecified atom stereocenters. The molecule has 0 amide bonds. The van der Waals surface area contributed by atoms with Crippen LogP contribution in [0.25, 0.3) is 0 Å². The Morgan fingerprint density at radius 1 is 1.22 bits per heavy atom. The van der Waals surface area contributed by atoms with Gasteiger partial charge in [-0.05, 0) is 43.4 Å². The first-order valence-electron chi connectivity index (χ1n) is 8.29. The van der Waals surface area contributed by atoms with Crippen LogP contribution in [0, 0.1) is 17.3 Å². The summed E-state index contributed by atoms with van der Waals surface area (Å²) in [5.74, 6) is 1.98. The van der Waals surface area contributed by atoms with Crippen molar-refractivity contribution >= 4 is 0 Å². The zero-order chi connectivity index (χ0) is 13.4. The van der Waals surface area contributed by atoms with Crippen LogP contribution in [0.5, 0.6) is 0 Å². The summed E-state index contributed by atoms with van der Waals surface area (Å²) in [5.41, 5.74) is 0.530. The zero-order valence-electron chi connectivity index (χ0n) is 13.2. The highest BCUT2D eigenvalue weighted by atomic mass is 14.4. The summed E-state index contributed by atoms with van der Waals surface area (Å²) in [6.07, 6.45) is 17.6. The lowest BCUT2D eigenvalue weighted by atomic mass is 9.75. The molecule has 1 saturated carbocycles. The largest absolute Gasteiger partial charge is 0.0911 e. The monoisotopic (exact) mass is 250 g/mol. The third-order valence-corrected chi connectivity index (χ3v) is 4.77. The number of rotatable bonds is 10. The van der Waals surface area contributed by atoms with Gasteiger partial charge in [0.25, 0.3) is 0 Å². The second-order valence-electron chi connectivity index (χ2n) is 6.65. The molecule has 0 aliphatic heterocycles. The predicted octanol–water partition coefficient (Wildman–Crippen LogP) is 6.37. The minimum Gasteiger partial charge on any atom is -0.0911 e. The molecule has 0 saturated heterocycles. The Bertz CT molecular complexity index is 236. The average molecular weight is 250 g/mol. The van der Waals surface area contributed by atoms with Crippen LogP contribution in [-0.4, -0.2) is 0 Å². The van der Waals surface area contributed by atoms with Crippen molar-refractivity contribution in [2.45, 2.75) is 85.5 Å². The molecular weight excluding hydrogens is 216 g/mol. The summed E-state index contributed by atoms with van der Waals surface area (Å²) in [4.78, 5) is 0. The molecule has 0 heteroatoms. The highest BCUT2D eigenvalue weighted by Gasteiger charge is 2.33. The molecule has 0 radical (unpaired) electrons. The first kappa shape index (κ1) is 15.8. The minimum atomic E-state index is 0.530. The average Bonchev–Trinajstić information content (AvgIpc) is 3.13. The third-order valence-electron chi connectivity index (χ3n) is 4.77. The molecule has 0 aromatic rings. The van der Waals surface area contributed by atoms with Crippen molar-refractivity contribution in [2.75, 3.05) is 0 Å². The molecule has 0 aromatic carbocycles. The standard InChI is InChI=1S/C18H34/c1-5-9-16(4)10-8-14-18(7-3,13-6-2)15-17-11-12-17/h6,13,16-17H,5,7-12,14-15H2,1-4H3. The molecule has 0 N–H and O–H groups in total. The highest BCUT2D eigenvalue weighted by Crippen LogP contribution is 2.45. The van der Waals surface area contributed by atoms with E-state index in [0.29, 0.717) is 5.41 Å². The molecule has 0 aromatic heterocycles. The Morgan fingerprint density at radius 2 is 1.94 bits per heavy atom. The molecule has 18 heavy (non-hydrogen) atoms. The van der Waals surface area contributed by atoms with Gasteiger partial charge < -0.3 is 0 Å². The number of hydrogen-bond donors (Lipinski definition) is 0. The molecule has 1 aliphatic carbocycles. The molecule has 0 heterocycles. The van der Waals surface area contributed by atoms with E-state index in [1.807, 2.05) is 0 Å². The van der Waals surface area contributed by atoms with Crippen molar-refractivity contribution in [3.63, 3.8) is 0 Å². The summed E-state index contributed by atoms with van der Waals surface area (Å²) < 4.78 is 0. The number of allylic oxidation sites excluding steroid dienone is 2. The van der Waals surface area contributed by atoms with E-state index in [2.05, 4.69) is 39.8 Å². The summed E-state index contributed by atoms with van der Waals surface area (Å²) in [7, 11) is 0. The van der Waals surface area contributed by atoms with Gasteiger partial charge in [-0.1, -0.05) is 71.4 Å². The van der Waals surface area contributed by atoms with Crippen LogP contribution >= 0.6 is 0 Å². The van der Waals surface area contributed by atoms with Crippen molar-refractivity contribution in [3.05, 3.63) is 12.2 Å². The van der Waals surface area contributed by atoms with Gasteiger partial charge in [-0.25, -0.2) is 0 Å². The fourth-order valence-corrected chi connectivity index (χ4v) is 3.38. The van der Waals surface area contributed by atoms with Crippen LogP contribution < -0.4 is 0 Å². The van der Waals surface area contributed by atoms with Gasteiger partial charge >= 0.3 is 0 Å². The predicted molar refractivity (Wildman–Crippen MR) is 82.8 cm³/mol. The summed E-state index contributed by atoms with van der Waals surface area (Å²) in [6, 6.07) is 0. The van der Waals surface area contributed by atoms with Gasteiger partial charge in [0.05, 0.1) is 0 Å². The van der Waals surface area contributed by atoms with Crippen LogP contribution in [0.15, 0.2) is 12.2 Å². The van der Waals surface area contributed by atoms with E-state index >= 15 is 0 Å². The first-order valence-corrected chi connectivity index (χ1v) is 8.29. The molecule has 0 nitrogen and oxygen atoms in total. The minimum absolute atomic E-state index is 0.530. The van der Waals surface area contributed by atoms with E-state index in [0.717, 1.165) is 11.8 Å². The Morgan fingerprint density at radius 3 is 2.44 bits per heavy atom. The third kappa shape index (κ3) is 5.59. The van der Waals surface area contributed by atoms with Crippen molar-refractivity contribution in [1.82, 2.24) is 0 Å². The van der Waals surface area contributed by atoms with E-state index < -0.39 is 0 Å². The van der Waals surface area contributed by atoms with Crippen LogP contribution in [0.4, 0.5) is 0 Å². The van der Waals surface area contributed by atoms with E-state index in [1.165, 1.54) is 57.8 Å². The maximum Gasteiger partial charge on any atom is -0.0118 e. The SMILES string of the molecule is CC=CC(CC)(CCCC(C)CCC)CC1CC1. The zero-order valence-corrected chi connectivity index (χ0v) is 13.2. The normalized spacial score (nSPS) is 21.1. The maximum atomic E-state index is 2.52. The van der Waals surface area contributed by atoms with Gasteiger partial charge in [0.2, 0.25) is 0 Å². The van der Waals surface area contributed by atoms with Crippen LogP contribution in [-0.2, 0) is 0 Å². The second-order valence-corrected chi connectivity index (χ2v) is 6.65. The first-order chi connectivity index (χ1) is 8.65. The van der Waals surface area contributed by atoms with Gasteiger partial charge in [-0.3, -0.25) is 0 Å². The quantitative estimate of drug-likeness (QED) is 0.395. The van der Waals surface area contributed by atoms with Gasteiger partial charge in [-0.2, -0.15) is 0 Å². The molecule has 1 fully saturated rings. The highest BCUT2D eigenvalue weighted by molar-refractivity contribution is 5.00. The Balaban J connectivity index is 2.39. The second kappa shape index (κ2) is 8.02. The fourth-order valence-electron chi connectivity index (χ4n) is 3.38. The summed E-state index contributed by atoms with van der Waals surface area (Å²) >= 11 is 0. The molecule has 106 valence electrons. The van der Waals surface area contributed by atoms with Crippen molar-refractivity contribution in [3.8, 4) is 0 Å². The van der Waals surface area contributed by atoms with Crippen molar-refractivity contribution in [1.29, 1.82) is 0 Å². The fraction of sp³-hybridized carbons (Fsp3) is 0.889. The van der Waals surface area contributed by atoms with Crippen molar-refractivity contribution in [2.24, 2.45) is 17.3 Å². The molecule has 0 bridgehead atoms. The topological polar surface area (TPSA) is 0 Å². The maximum absolute atomic E-state index is 2.52. The lowest BCUT2D eigenvalue weighted by Crippen LogP contribution is -2.18. The van der Waals surface area contributed by atoms with Gasteiger partial charge in [0, 0.05) is 0 Å². The van der Waals surface area contributed by atoms with Gasteiger partial charge in [0.15, 0.2) is 0 Å². The molecule has 1 aliphatic rings.